The molecule has 1 atom stereocenters. The Balaban J connectivity index is 1.80. The van der Waals surface area contributed by atoms with Gasteiger partial charge in [-0.15, -0.1) is 0 Å². The molecule has 0 N–H and O–H groups in total. The minimum absolute atomic E-state index is 0.170. The number of ether oxygens (including phenoxy) is 1. The summed E-state index contributed by atoms with van der Waals surface area (Å²) in [5.41, 5.74) is 0.794. The molecule has 1 saturated carbocycles. The standard InChI is InChI=1S/C16H23BrN2O2/c1-11(2)18-9-13(17)7-15(18)16(20)19(14-3-4-14)8-12-5-6-21-10-12/h7,9,11-12,14H,3-6,8,10H2,1-2H3. The second kappa shape index (κ2) is 6.13. The van der Waals surface area contributed by atoms with Crippen molar-refractivity contribution in [3.05, 3.63) is 22.4 Å². The monoisotopic (exact) mass is 354 g/mol. The summed E-state index contributed by atoms with van der Waals surface area (Å²) in [5, 5.41) is 0. The Morgan fingerprint density at radius 3 is 2.81 bits per heavy atom. The third-order valence-corrected chi connectivity index (χ3v) is 4.75. The highest BCUT2D eigenvalue weighted by Gasteiger charge is 2.36. The molecule has 1 aliphatic heterocycles. The van der Waals surface area contributed by atoms with Crippen molar-refractivity contribution in [2.24, 2.45) is 5.92 Å². The molecule has 1 amide bonds. The lowest BCUT2D eigenvalue weighted by Gasteiger charge is -2.26. The van der Waals surface area contributed by atoms with E-state index in [0.717, 1.165) is 49.2 Å². The van der Waals surface area contributed by atoms with Crippen LogP contribution in [0.2, 0.25) is 0 Å². The number of aromatic nitrogens is 1. The first kappa shape index (κ1) is 15.1. The van der Waals surface area contributed by atoms with Crippen molar-refractivity contribution in [1.82, 2.24) is 9.47 Å². The van der Waals surface area contributed by atoms with E-state index in [2.05, 4.69) is 39.2 Å². The van der Waals surface area contributed by atoms with Gasteiger partial charge in [0.2, 0.25) is 0 Å². The smallest absolute Gasteiger partial charge is 0.270 e. The van der Waals surface area contributed by atoms with E-state index in [-0.39, 0.29) is 11.9 Å². The van der Waals surface area contributed by atoms with Crippen LogP contribution in [0.5, 0.6) is 0 Å². The number of carbonyl (C=O) groups is 1. The first-order valence-corrected chi connectivity index (χ1v) is 8.61. The highest BCUT2D eigenvalue weighted by atomic mass is 79.9. The Labute approximate surface area is 134 Å². The molecule has 2 heterocycles. The topological polar surface area (TPSA) is 34.5 Å². The highest BCUT2D eigenvalue weighted by Crippen LogP contribution is 2.31. The first-order chi connectivity index (χ1) is 10.1. The third kappa shape index (κ3) is 3.34. The number of halogens is 1. The van der Waals surface area contributed by atoms with E-state index in [9.17, 15) is 4.79 Å². The quantitative estimate of drug-likeness (QED) is 0.811. The molecule has 0 radical (unpaired) electrons. The van der Waals surface area contributed by atoms with Crippen LogP contribution in [0, 0.1) is 5.92 Å². The van der Waals surface area contributed by atoms with E-state index < -0.39 is 0 Å². The van der Waals surface area contributed by atoms with Crippen molar-refractivity contribution in [2.75, 3.05) is 19.8 Å². The average molecular weight is 355 g/mol. The first-order valence-electron chi connectivity index (χ1n) is 7.82. The van der Waals surface area contributed by atoms with Crippen LogP contribution in [-0.4, -0.2) is 41.2 Å². The molecule has 4 nitrogen and oxygen atoms in total. The van der Waals surface area contributed by atoms with E-state index in [1.165, 1.54) is 0 Å². The third-order valence-electron chi connectivity index (χ3n) is 4.32. The molecule has 1 aromatic heterocycles. The van der Waals surface area contributed by atoms with Crippen LogP contribution in [0.4, 0.5) is 0 Å². The van der Waals surface area contributed by atoms with Gasteiger partial charge in [-0.3, -0.25) is 4.79 Å². The van der Waals surface area contributed by atoms with Gasteiger partial charge in [0, 0.05) is 41.8 Å². The molecule has 2 aliphatic rings. The Hall–Kier alpha value is -0.810. The number of amides is 1. The summed E-state index contributed by atoms with van der Waals surface area (Å²) in [6.45, 7) is 6.69. The molecule has 1 aromatic rings. The van der Waals surface area contributed by atoms with Gasteiger partial charge in [-0.25, -0.2) is 0 Å². The number of nitrogens with zero attached hydrogens (tertiary/aromatic N) is 2. The summed E-state index contributed by atoms with van der Waals surface area (Å²) in [4.78, 5) is 15.1. The van der Waals surface area contributed by atoms with E-state index in [0.29, 0.717) is 12.0 Å². The van der Waals surface area contributed by atoms with Crippen LogP contribution in [-0.2, 0) is 4.74 Å². The molecule has 21 heavy (non-hydrogen) atoms. The molecule has 5 heteroatoms. The van der Waals surface area contributed by atoms with Crippen LogP contribution in [0.15, 0.2) is 16.7 Å². The molecule has 1 unspecified atom stereocenters. The molecular formula is C16H23BrN2O2. The van der Waals surface area contributed by atoms with Crippen LogP contribution in [0.25, 0.3) is 0 Å². The van der Waals surface area contributed by atoms with Crippen molar-refractivity contribution >= 4 is 21.8 Å². The molecule has 2 fully saturated rings. The predicted octanol–water partition coefficient (Wildman–Crippen LogP) is 3.47. The van der Waals surface area contributed by atoms with Crippen molar-refractivity contribution in [3.63, 3.8) is 0 Å². The Bertz CT molecular complexity index is 516. The molecule has 0 aromatic carbocycles. The molecule has 1 saturated heterocycles. The molecule has 116 valence electrons. The summed E-state index contributed by atoms with van der Waals surface area (Å²) in [5.74, 6) is 0.671. The lowest BCUT2D eigenvalue weighted by atomic mass is 10.1. The Kier molecular flexibility index (Phi) is 4.41. The van der Waals surface area contributed by atoms with Crippen LogP contribution in [0.3, 0.4) is 0 Å². The maximum atomic E-state index is 13.0. The lowest BCUT2D eigenvalue weighted by Crippen LogP contribution is -2.38. The minimum Gasteiger partial charge on any atom is -0.381 e. The SMILES string of the molecule is CC(C)n1cc(Br)cc1C(=O)N(CC1CCOC1)C1CC1. The average Bonchev–Trinajstić information content (AvgIpc) is 2.99. The normalized spacial score (nSPS) is 22.0. The predicted molar refractivity (Wildman–Crippen MR) is 85.5 cm³/mol. The van der Waals surface area contributed by atoms with Gasteiger partial charge in [-0.1, -0.05) is 0 Å². The zero-order valence-corrected chi connectivity index (χ0v) is 14.3. The van der Waals surface area contributed by atoms with Gasteiger partial charge in [0.05, 0.1) is 6.61 Å². The molecular weight excluding hydrogens is 332 g/mol. The largest absolute Gasteiger partial charge is 0.381 e. The van der Waals surface area contributed by atoms with Gasteiger partial charge in [0.25, 0.3) is 5.91 Å². The van der Waals surface area contributed by atoms with E-state index in [1.54, 1.807) is 0 Å². The van der Waals surface area contributed by atoms with Crippen molar-refractivity contribution in [2.45, 2.75) is 45.2 Å². The maximum absolute atomic E-state index is 13.0. The Morgan fingerprint density at radius 2 is 2.24 bits per heavy atom. The Morgan fingerprint density at radius 1 is 1.48 bits per heavy atom. The number of hydrogen-bond donors (Lipinski definition) is 0. The van der Waals surface area contributed by atoms with E-state index >= 15 is 0 Å². The maximum Gasteiger partial charge on any atom is 0.270 e. The van der Waals surface area contributed by atoms with E-state index in [4.69, 9.17) is 4.74 Å². The summed E-state index contributed by atoms with van der Waals surface area (Å²) < 4.78 is 8.49. The van der Waals surface area contributed by atoms with Gasteiger partial charge in [-0.05, 0) is 55.1 Å². The number of rotatable bonds is 5. The fourth-order valence-electron chi connectivity index (χ4n) is 2.98. The van der Waals surface area contributed by atoms with Gasteiger partial charge >= 0.3 is 0 Å². The highest BCUT2D eigenvalue weighted by molar-refractivity contribution is 9.10. The van der Waals surface area contributed by atoms with Gasteiger partial charge in [0.15, 0.2) is 0 Å². The van der Waals surface area contributed by atoms with Crippen molar-refractivity contribution in [1.29, 1.82) is 0 Å². The van der Waals surface area contributed by atoms with Crippen molar-refractivity contribution in [3.8, 4) is 0 Å². The number of carbonyl (C=O) groups excluding carboxylic acids is 1. The number of hydrogen-bond acceptors (Lipinski definition) is 2. The second-order valence-electron chi connectivity index (χ2n) is 6.46. The van der Waals surface area contributed by atoms with Gasteiger partial charge < -0.3 is 14.2 Å². The zero-order valence-electron chi connectivity index (χ0n) is 12.7. The molecule has 1 aliphatic carbocycles. The summed E-state index contributed by atoms with van der Waals surface area (Å²) >= 11 is 3.50. The summed E-state index contributed by atoms with van der Waals surface area (Å²) in [7, 11) is 0. The lowest BCUT2D eigenvalue weighted by molar-refractivity contribution is 0.0693. The fourth-order valence-corrected chi connectivity index (χ4v) is 3.42. The molecule has 3 rings (SSSR count). The fraction of sp³-hybridized carbons (Fsp3) is 0.688. The van der Waals surface area contributed by atoms with Crippen LogP contribution >= 0.6 is 15.9 Å². The molecule has 0 spiro atoms. The van der Waals surface area contributed by atoms with E-state index in [1.807, 2.05) is 12.3 Å². The minimum atomic E-state index is 0.170. The zero-order chi connectivity index (χ0) is 15.0. The van der Waals surface area contributed by atoms with Crippen molar-refractivity contribution < 1.29 is 9.53 Å². The molecule has 0 bridgehead atoms. The second-order valence-corrected chi connectivity index (χ2v) is 7.38. The van der Waals surface area contributed by atoms with Gasteiger partial charge in [0.1, 0.15) is 5.69 Å². The van der Waals surface area contributed by atoms with Gasteiger partial charge in [-0.2, -0.15) is 0 Å². The summed E-state index contributed by atoms with van der Waals surface area (Å²) in [6.07, 6.45) is 5.36. The van der Waals surface area contributed by atoms with Crippen LogP contribution < -0.4 is 0 Å². The van der Waals surface area contributed by atoms with Crippen LogP contribution in [0.1, 0.15) is 49.6 Å². The summed E-state index contributed by atoms with van der Waals surface area (Å²) in [6, 6.07) is 2.67.